The molecular formula is C10H14BrN3O. The van der Waals surface area contributed by atoms with E-state index in [0.29, 0.717) is 11.1 Å². The summed E-state index contributed by atoms with van der Waals surface area (Å²) in [5.74, 6) is -0.0807. The van der Waals surface area contributed by atoms with Gasteiger partial charge in [-0.2, -0.15) is 5.10 Å². The van der Waals surface area contributed by atoms with Crippen LogP contribution in [0, 0.1) is 5.41 Å². The lowest BCUT2D eigenvalue weighted by Crippen LogP contribution is -2.31. The predicted molar refractivity (Wildman–Crippen MR) is 61.0 cm³/mol. The Morgan fingerprint density at radius 3 is 2.93 bits per heavy atom. The quantitative estimate of drug-likeness (QED) is 0.840. The number of aryl methyl sites for hydroxylation is 1. The average Bonchev–Trinajstić information content (AvgIpc) is 2.90. The van der Waals surface area contributed by atoms with Gasteiger partial charge in [0.05, 0.1) is 0 Å². The van der Waals surface area contributed by atoms with Gasteiger partial charge in [-0.15, -0.1) is 0 Å². The summed E-state index contributed by atoms with van der Waals surface area (Å²) in [6, 6.07) is 1.73. The summed E-state index contributed by atoms with van der Waals surface area (Å²) in [5, 5.41) is 7.93. The molecule has 1 heterocycles. The van der Waals surface area contributed by atoms with Crippen molar-refractivity contribution in [3.05, 3.63) is 18.0 Å². The number of nitrogens with zero attached hydrogens (tertiary/aromatic N) is 2. The molecule has 0 aliphatic heterocycles. The van der Waals surface area contributed by atoms with Gasteiger partial charge in [0, 0.05) is 25.1 Å². The third-order valence-electron chi connectivity index (χ3n) is 2.81. The topological polar surface area (TPSA) is 46.9 Å². The molecule has 1 amide bonds. The fourth-order valence-electron chi connectivity index (χ4n) is 1.43. The third kappa shape index (κ3) is 2.40. The van der Waals surface area contributed by atoms with Crippen molar-refractivity contribution in [3.63, 3.8) is 0 Å². The lowest BCUT2D eigenvalue weighted by atomic mass is 10.1. The van der Waals surface area contributed by atoms with Gasteiger partial charge in [-0.25, -0.2) is 0 Å². The maximum absolute atomic E-state index is 11.6. The molecule has 1 N–H and O–H groups in total. The highest BCUT2D eigenvalue weighted by molar-refractivity contribution is 9.09. The zero-order chi connectivity index (χ0) is 10.9. The molecule has 0 radical (unpaired) electrons. The first-order chi connectivity index (χ1) is 7.15. The highest BCUT2D eigenvalue weighted by Crippen LogP contribution is 2.46. The lowest BCUT2D eigenvalue weighted by molar-refractivity contribution is 0.0941. The van der Waals surface area contributed by atoms with Crippen LogP contribution in [0.5, 0.6) is 0 Å². The highest BCUT2D eigenvalue weighted by Gasteiger charge is 2.41. The van der Waals surface area contributed by atoms with E-state index in [1.165, 1.54) is 12.8 Å². The Balaban J connectivity index is 1.88. The second-order valence-electron chi connectivity index (χ2n) is 4.19. The van der Waals surface area contributed by atoms with Crippen LogP contribution in [0.15, 0.2) is 12.3 Å². The van der Waals surface area contributed by atoms with Gasteiger partial charge < -0.3 is 5.32 Å². The predicted octanol–water partition coefficient (Wildman–Crippen LogP) is 1.32. The summed E-state index contributed by atoms with van der Waals surface area (Å²) in [7, 11) is 1.80. The molecule has 1 aliphatic carbocycles. The minimum atomic E-state index is -0.0807. The van der Waals surface area contributed by atoms with E-state index in [1.807, 2.05) is 0 Å². The molecule has 0 spiro atoms. The maximum atomic E-state index is 11.6. The van der Waals surface area contributed by atoms with Crippen LogP contribution in [0.3, 0.4) is 0 Å². The van der Waals surface area contributed by atoms with Crippen LogP contribution in [0.2, 0.25) is 0 Å². The van der Waals surface area contributed by atoms with E-state index in [1.54, 1.807) is 24.0 Å². The molecule has 0 unspecified atom stereocenters. The van der Waals surface area contributed by atoms with Crippen molar-refractivity contribution in [1.82, 2.24) is 15.1 Å². The maximum Gasteiger partial charge on any atom is 0.271 e. The van der Waals surface area contributed by atoms with Gasteiger partial charge in [-0.05, 0) is 24.3 Å². The van der Waals surface area contributed by atoms with Crippen LogP contribution >= 0.6 is 15.9 Å². The van der Waals surface area contributed by atoms with E-state index in [-0.39, 0.29) is 5.91 Å². The second-order valence-corrected chi connectivity index (χ2v) is 4.75. The van der Waals surface area contributed by atoms with Crippen molar-refractivity contribution in [2.75, 3.05) is 11.9 Å². The van der Waals surface area contributed by atoms with Crippen molar-refractivity contribution >= 4 is 21.8 Å². The lowest BCUT2D eigenvalue weighted by Gasteiger charge is -2.11. The van der Waals surface area contributed by atoms with Crippen LogP contribution in [-0.4, -0.2) is 27.6 Å². The molecule has 0 bridgehead atoms. The molecule has 0 aromatic carbocycles. The van der Waals surface area contributed by atoms with Gasteiger partial charge in [-0.3, -0.25) is 9.48 Å². The molecule has 82 valence electrons. The summed E-state index contributed by atoms with van der Waals surface area (Å²) >= 11 is 3.47. The first kappa shape index (κ1) is 10.7. The number of alkyl halides is 1. The highest BCUT2D eigenvalue weighted by atomic mass is 79.9. The standard InChI is InChI=1S/C10H14BrN3O/c1-14-5-2-8(13-14)9(15)12-7-10(6-11)3-4-10/h2,5H,3-4,6-7H2,1H3,(H,12,15). The Kier molecular flexibility index (Phi) is 2.82. The Labute approximate surface area is 97.2 Å². The molecule has 0 atom stereocenters. The zero-order valence-corrected chi connectivity index (χ0v) is 10.2. The molecular weight excluding hydrogens is 258 g/mol. The molecule has 5 heteroatoms. The Morgan fingerprint density at radius 2 is 2.47 bits per heavy atom. The van der Waals surface area contributed by atoms with Crippen LogP contribution in [0.25, 0.3) is 0 Å². The summed E-state index contributed by atoms with van der Waals surface area (Å²) in [4.78, 5) is 11.6. The average molecular weight is 272 g/mol. The largest absolute Gasteiger partial charge is 0.350 e. The SMILES string of the molecule is Cn1ccc(C(=O)NCC2(CBr)CC2)n1. The molecule has 1 aromatic rings. The number of carbonyl (C=O) groups excluding carboxylic acids is 1. The zero-order valence-electron chi connectivity index (χ0n) is 8.66. The minimum Gasteiger partial charge on any atom is -0.350 e. The minimum absolute atomic E-state index is 0.0807. The molecule has 1 saturated carbocycles. The number of amides is 1. The molecule has 1 aromatic heterocycles. The van der Waals surface area contributed by atoms with E-state index in [9.17, 15) is 4.79 Å². The summed E-state index contributed by atoms with van der Waals surface area (Å²) in [5.41, 5.74) is 0.799. The second kappa shape index (κ2) is 3.96. The Morgan fingerprint density at radius 1 is 1.73 bits per heavy atom. The van der Waals surface area contributed by atoms with Crippen LogP contribution in [-0.2, 0) is 7.05 Å². The first-order valence-electron chi connectivity index (χ1n) is 4.99. The van der Waals surface area contributed by atoms with Gasteiger partial charge in [0.1, 0.15) is 5.69 Å². The summed E-state index contributed by atoms with van der Waals surface area (Å²) in [6.45, 7) is 0.744. The molecule has 2 rings (SSSR count). The summed E-state index contributed by atoms with van der Waals surface area (Å²) < 4.78 is 1.63. The number of hydrogen-bond donors (Lipinski definition) is 1. The van der Waals surface area contributed by atoms with Crippen molar-refractivity contribution in [2.45, 2.75) is 12.8 Å². The van der Waals surface area contributed by atoms with E-state index < -0.39 is 0 Å². The fraction of sp³-hybridized carbons (Fsp3) is 0.600. The molecule has 15 heavy (non-hydrogen) atoms. The van der Waals surface area contributed by atoms with Gasteiger partial charge in [0.15, 0.2) is 0 Å². The van der Waals surface area contributed by atoms with Crippen molar-refractivity contribution in [1.29, 1.82) is 0 Å². The molecule has 0 saturated heterocycles. The number of halogens is 1. The number of nitrogens with one attached hydrogen (secondary N) is 1. The van der Waals surface area contributed by atoms with Crippen LogP contribution < -0.4 is 5.32 Å². The van der Waals surface area contributed by atoms with Gasteiger partial charge in [0.2, 0.25) is 0 Å². The van der Waals surface area contributed by atoms with Crippen molar-refractivity contribution < 1.29 is 4.79 Å². The van der Waals surface area contributed by atoms with Crippen LogP contribution in [0.4, 0.5) is 0 Å². The van der Waals surface area contributed by atoms with Gasteiger partial charge >= 0.3 is 0 Å². The van der Waals surface area contributed by atoms with E-state index in [0.717, 1.165) is 11.9 Å². The number of rotatable bonds is 4. The molecule has 4 nitrogen and oxygen atoms in total. The Hall–Kier alpha value is -0.840. The van der Waals surface area contributed by atoms with Crippen molar-refractivity contribution in [3.8, 4) is 0 Å². The fourth-order valence-corrected chi connectivity index (χ4v) is 2.19. The number of carbonyl (C=O) groups is 1. The third-order valence-corrected chi connectivity index (χ3v) is 4.00. The van der Waals surface area contributed by atoms with E-state index in [4.69, 9.17) is 0 Å². The molecule has 1 fully saturated rings. The monoisotopic (exact) mass is 271 g/mol. The molecule has 1 aliphatic rings. The van der Waals surface area contributed by atoms with E-state index in [2.05, 4.69) is 26.3 Å². The van der Waals surface area contributed by atoms with Gasteiger partial charge in [-0.1, -0.05) is 15.9 Å². The van der Waals surface area contributed by atoms with Crippen molar-refractivity contribution in [2.24, 2.45) is 12.5 Å². The number of aromatic nitrogens is 2. The number of hydrogen-bond acceptors (Lipinski definition) is 2. The summed E-state index contributed by atoms with van der Waals surface area (Å²) in [6.07, 6.45) is 4.16. The van der Waals surface area contributed by atoms with Crippen LogP contribution in [0.1, 0.15) is 23.3 Å². The normalized spacial score (nSPS) is 17.5. The first-order valence-corrected chi connectivity index (χ1v) is 6.11. The van der Waals surface area contributed by atoms with Gasteiger partial charge in [0.25, 0.3) is 5.91 Å². The Bertz CT molecular complexity index is 370. The van der Waals surface area contributed by atoms with E-state index >= 15 is 0 Å². The smallest absolute Gasteiger partial charge is 0.271 e.